The topological polar surface area (TPSA) is 111 Å². The summed E-state index contributed by atoms with van der Waals surface area (Å²) >= 11 is 0. The normalized spacial score (nSPS) is 12.8. The van der Waals surface area contributed by atoms with E-state index in [0.717, 1.165) is 33.8 Å². The first-order valence-electron chi connectivity index (χ1n) is 15.9. The van der Waals surface area contributed by atoms with Crippen molar-refractivity contribution in [2.45, 2.75) is 57.7 Å². The zero-order valence-corrected chi connectivity index (χ0v) is 26.6. The highest BCUT2D eigenvalue weighted by molar-refractivity contribution is 5.97. The first-order chi connectivity index (χ1) is 23.2. The molecule has 2 atom stereocenters. The van der Waals surface area contributed by atoms with E-state index in [1.165, 1.54) is 12.1 Å². The van der Waals surface area contributed by atoms with Gasteiger partial charge in [0.25, 0.3) is 5.91 Å². The highest BCUT2D eigenvalue weighted by Gasteiger charge is 2.32. The van der Waals surface area contributed by atoms with Crippen LogP contribution in [0.2, 0.25) is 0 Å². The maximum absolute atomic E-state index is 13.6. The summed E-state index contributed by atoms with van der Waals surface area (Å²) in [6.07, 6.45) is -0.267. The summed E-state index contributed by atoms with van der Waals surface area (Å²) in [5.41, 5.74) is 1.79. The fraction of sp³-hybridized carbons (Fsp3) is 0.270. The second-order valence-electron chi connectivity index (χ2n) is 11.7. The molecule has 250 valence electrons. The number of halogens is 3. The van der Waals surface area contributed by atoms with Crippen molar-refractivity contribution in [3.8, 4) is 0 Å². The molecule has 0 aliphatic rings. The standard InChI is InChI=1S/C37H39F3N6O2/c1-25(29-17-16-27-7-2-3-8-30(27)21-29)45-36(48)33(11-6-18-41-23-31-9-4-5-10-32(31)37(38,39)40)46-35(47)28-14-12-26(13-15-28)22-42-24-34-43-19-20-44-34/h2-5,7-10,12-17,19-21,25,33,41-42H,6,11,18,22-24H2,1H3,(H,43,44)(H,45,48)(H,46,47)/t25-,33-/m0/s1. The maximum Gasteiger partial charge on any atom is 0.416 e. The second kappa shape index (κ2) is 16.2. The lowest BCUT2D eigenvalue weighted by atomic mass is 10.0. The Hall–Kier alpha value is -5.00. The molecule has 0 fully saturated rings. The van der Waals surface area contributed by atoms with Gasteiger partial charge in [-0.25, -0.2) is 4.98 Å². The second-order valence-corrected chi connectivity index (χ2v) is 11.7. The van der Waals surface area contributed by atoms with E-state index in [9.17, 15) is 22.8 Å². The summed E-state index contributed by atoms with van der Waals surface area (Å²) in [4.78, 5) is 34.1. The van der Waals surface area contributed by atoms with Crippen molar-refractivity contribution in [3.05, 3.63) is 137 Å². The van der Waals surface area contributed by atoms with Crippen molar-refractivity contribution >= 4 is 22.6 Å². The molecule has 2 amide bonds. The molecule has 0 bridgehead atoms. The van der Waals surface area contributed by atoms with Crippen LogP contribution in [-0.2, 0) is 30.6 Å². The number of carbonyl (C=O) groups is 2. The number of aromatic nitrogens is 2. The Kier molecular flexibility index (Phi) is 11.6. The van der Waals surface area contributed by atoms with Crippen molar-refractivity contribution in [1.29, 1.82) is 0 Å². The number of benzene rings is 4. The van der Waals surface area contributed by atoms with Crippen LogP contribution < -0.4 is 21.3 Å². The molecule has 5 N–H and O–H groups in total. The molecule has 4 aromatic carbocycles. The van der Waals surface area contributed by atoms with E-state index in [0.29, 0.717) is 31.6 Å². The van der Waals surface area contributed by atoms with Crippen LogP contribution in [0.25, 0.3) is 10.8 Å². The van der Waals surface area contributed by atoms with Gasteiger partial charge >= 0.3 is 6.18 Å². The Balaban J connectivity index is 1.20. The van der Waals surface area contributed by atoms with Gasteiger partial charge in [-0.3, -0.25) is 9.59 Å². The van der Waals surface area contributed by atoms with Gasteiger partial charge in [0.05, 0.1) is 18.2 Å². The first kappa shape index (κ1) is 34.3. The van der Waals surface area contributed by atoms with Crippen LogP contribution >= 0.6 is 0 Å². The molecule has 0 spiro atoms. The number of alkyl halides is 3. The lowest BCUT2D eigenvalue weighted by molar-refractivity contribution is -0.138. The van der Waals surface area contributed by atoms with Gasteiger partial charge in [0.2, 0.25) is 5.91 Å². The number of imidazole rings is 1. The summed E-state index contributed by atoms with van der Waals surface area (Å²) in [6.45, 7) is 3.43. The van der Waals surface area contributed by atoms with Crippen LogP contribution in [0.3, 0.4) is 0 Å². The monoisotopic (exact) mass is 656 g/mol. The minimum Gasteiger partial charge on any atom is -0.348 e. The number of aromatic amines is 1. The summed E-state index contributed by atoms with van der Waals surface area (Å²) in [5.74, 6) is 0.0902. The smallest absolute Gasteiger partial charge is 0.348 e. The zero-order chi connectivity index (χ0) is 33.9. The van der Waals surface area contributed by atoms with Gasteiger partial charge in [-0.2, -0.15) is 13.2 Å². The molecule has 5 aromatic rings. The fourth-order valence-corrected chi connectivity index (χ4v) is 5.48. The van der Waals surface area contributed by atoms with Crippen LogP contribution in [0.1, 0.15) is 64.2 Å². The number of fused-ring (bicyclic) bond motifs is 1. The molecular weight excluding hydrogens is 617 g/mol. The number of hydrogen-bond donors (Lipinski definition) is 5. The first-order valence-corrected chi connectivity index (χ1v) is 15.9. The SMILES string of the molecule is C[C@H](NC(=O)[C@H](CCCNCc1ccccc1C(F)(F)F)NC(=O)c1ccc(CNCc2ncc[nH]2)cc1)c1ccc2ccccc2c1. The lowest BCUT2D eigenvalue weighted by Gasteiger charge is -2.22. The molecule has 0 radical (unpaired) electrons. The van der Waals surface area contributed by atoms with Gasteiger partial charge in [-0.1, -0.05) is 66.7 Å². The maximum atomic E-state index is 13.6. The number of carbonyl (C=O) groups excluding carboxylic acids is 2. The van der Waals surface area contributed by atoms with Gasteiger partial charge in [0.15, 0.2) is 0 Å². The molecule has 5 rings (SSSR count). The van der Waals surface area contributed by atoms with Gasteiger partial charge < -0.3 is 26.3 Å². The molecule has 11 heteroatoms. The van der Waals surface area contributed by atoms with Crippen LogP contribution in [0.15, 0.2) is 103 Å². The van der Waals surface area contributed by atoms with Crippen molar-refractivity contribution < 1.29 is 22.8 Å². The Labute approximate surface area is 277 Å². The van der Waals surface area contributed by atoms with Crippen molar-refractivity contribution in [2.24, 2.45) is 0 Å². The number of rotatable bonds is 15. The predicted molar refractivity (Wildman–Crippen MR) is 180 cm³/mol. The average Bonchev–Trinajstić information content (AvgIpc) is 3.61. The van der Waals surface area contributed by atoms with Gasteiger partial charge in [-0.15, -0.1) is 0 Å². The molecule has 0 aliphatic heterocycles. The van der Waals surface area contributed by atoms with E-state index in [1.54, 1.807) is 30.6 Å². The van der Waals surface area contributed by atoms with Crippen molar-refractivity contribution in [2.75, 3.05) is 6.54 Å². The fourth-order valence-electron chi connectivity index (χ4n) is 5.48. The van der Waals surface area contributed by atoms with E-state index in [-0.39, 0.29) is 30.5 Å². The summed E-state index contributed by atoms with van der Waals surface area (Å²) in [5, 5.41) is 14.4. The molecular formula is C37H39F3N6O2. The minimum absolute atomic E-state index is 0.0284. The molecule has 48 heavy (non-hydrogen) atoms. The third-order valence-electron chi connectivity index (χ3n) is 8.13. The molecule has 1 heterocycles. The number of nitrogens with one attached hydrogen (secondary N) is 5. The molecule has 0 saturated carbocycles. The quantitative estimate of drug-likeness (QED) is 0.0836. The van der Waals surface area contributed by atoms with Gasteiger partial charge in [-0.05, 0) is 78.0 Å². The van der Waals surface area contributed by atoms with Crippen molar-refractivity contribution in [1.82, 2.24) is 31.2 Å². The number of amides is 2. The largest absolute Gasteiger partial charge is 0.416 e. The summed E-state index contributed by atoms with van der Waals surface area (Å²) < 4.78 is 40.2. The highest BCUT2D eigenvalue weighted by atomic mass is 19.4. The third-order valence-corrected chi connectivity index (χ3v) is 8.13. The highest BCUT2D eigenvalue weighted by Crippen LogP contribution is 2.31. The van der Waals surface area contributed by atoms with Crippen LogP contribution in [0.4, 0.5) is 13.2 Å². The van der Waals surface area contributed by atoms with Crippen LogP contribution in [-0.4, -0.2) is 34.4 Å². The predicted octanol–water partition coefficient (Wildman–Crippen LogP) is 6.42. The molecule has 0 aliphatic carbocycles. The van der Waals surface area contributed by atoms with E-state index in [2.05, 4.69) is 31.2 Å². The van der Waals surface area contributed by atoms with E-state index >= 15 is 0 Å². The Morgan fingerprint density at radius 3 is 2.33 bits per heavy atom. The molecule has 0 unspecified atom stereocenters. The van der Waals surface area contributed by atoms with E-state index in [1.807, 2.05) is 61.5 Å². The zero-order valence-electron chi connectivity index (χ0n) is 26.6. The van der Waals surface area contributed by atoms with Gasteiger partial charge in [0, 0.05) is 31.0 Å². The van der Waals surface area contributed by atoms with Crippen molar-refractivity contribution in [3.63, 3.8) is 0 Å². The van der Waals surface area contributed by atoms with E-state index < -0.39 is 23.7 Å². The summed E-state index contributed by atoms with van der Waals surface area (Å²) in [6, 6.07) is 25.3. The summed E-state index contributed by atoms with van der Waals surface area (Å²) in [7, 11) is 0. The molecule has 0 saturated heterocycles. The average molecular weight is 657 g/mol. The number of hydrogen-bond acceptors (Lipinski definition) is 5. The molecule has 8 nitrogen and oxygen atoms in total. The third kappa shape index (κ3) is 9.52. The Morgan fingerprint density at radius 1 is 0.833 bits per heavy atom. The molecule has 1 aromatic heterocycles. The Morgan fingerprint density at radius 2 is 1.58 bits per heavy atom. The number of H-pyrrole nitrogens is 1. The number of nitrogens with zero attached hydrogens (tertiary/aromatic N) is 1. The van der Waals surface area contributed by atoms with Crippen LogP contribution in [0.5, 0.6) is 0 Å². The van der Waals surface area contributed by atoms with E-state index in [4.69, 9.17) is 0 Å². The van der Waals surface area contributed by atoms with Gasteiger partial charge in [0.1, 0.15) is 11.9 Å². The van der Waals surface area contributed by atoms with Crippen LogP contribution in [0, 0.1) is 0 Å². The lowest BCUT2D eigenvalue weighted by Crippen LogP contribution is -2.47. The minimum atomic E-state index is -4.44. The Bertz CT molecular complexity index is 1790.